The topological polar surface area (TPSA) is 21.3 Å². The second-order valence-electron chi connectivity index (χ2n) is 5.05. The maximum Gasteiger partial charge on any atom is 0.141 e. The van der Waals surface area contributed by atoms with Crippen LogP contribution in [-0.4, -0.2) is 7.05 Å². The number of benzene rings is 2. The number of aryl methyl sites for hydroxylation is 2. The highest BCUT2D eigenvalue weighted by Gasteiger charge is 2.10. The molecule has 0 unspecified atom stereocenters. The Kier molecular flexibility index (Phi) is 4.84. The monoisotopic (exact) mass is 333 g/mol. The summed E-state index contributed by atoms with van der Waals surface area (Å²) >= 11 is 3.59. The van der Waals surface area contributed by atoms with Gasteiger partial charge in [0, 0.05) is 6.54 Å². The van der Waals surface area contributed by atoms with Crippen LogP contribution in [0.5, 0.6) is 11.5 Å². The zero-order chi connectivity index (χ0) is 14.7. The van der Waals surface area contributed by atoms with Crippen LogP contribution in [0.15, 0.2) is 34.8 Å². The Morgan fingerprint density at radius 3 is 2.40 bits per heavy atom. The molecule has 0 aliphatic carbocycles. The maximum absolute atomic E-state index is 6.12. The van der Waals surface area contributed by atoms with Gasteiger partial charge in [-0.15, -0.1) is 0 Å². The first-order valence-electron chi connectivity index (χ1n) is 6.70. The van der Waals surface area contributed by atoms with Crippen LogP contribution >= 0.6 is 15.9 Å². The molecule has 0 atom stereocenters. The fourth-order valence-electron chi connectivity index (χ4n) is 2.13. The molecule has 0 aromatic heterocycles. The molecule has 0 fully saturated rings. The largest absolute Gasteiger partial charge is 0.456 e. The summed E-state index contributed by atoms with van der Waals surface area (Å²) in [5, 5.41) is 3.14. The van der Waals surface area contributed by atoms with E-state index >= 15 is 0 Å². The van der Waals surface area contributed by atoms with Gasteiger partial charge in [0.15, 0.2) is 0 Å². The van der Waals surface area contributed by atoms with Crippen molar-refractivity contribution in [1.29, 1.82) is 0 Å². The molecule has 106 valence electrons. The number of ether oxygens (including phenoxy) is 1. The van der Waals surface area contributed by atoms with Crippen molar-refractivity contribution in [2.75, 3.05) is 7.05 Å². The molecule has 2 aromatic rings. The zero-order valence-electron chi connectivity index (χ0n) is 12.4. The third-order valence-corrected chi connectivity index (χ3v) is 4.08. The van der Waals surface area contributed by atoms with Gasteiger partial charge < -0.3 is 10.1 Å². The number of hydrogen-bond donors (Lipinski definition) is 1. The first-order valence-corrected chi connectivity index (χ1v) is 7.50. The van der Waals surface area contributed by atoms with Gasteiger partial charge in [-0.3, -0.25) is 0 Å². The third kappa shape index (κ3) is 3.22. The molecule has 0 aliphatic rings. The van der Waals surface area contributed by atoms with E-state index in [1.165, 1.54) is 16.7 Å². The second kappa shape index (κ2) is 6.42. The van der Waals surface area contributed by atoms with E-state index in [-0.39, 0.29) is 0 Å². The molecule has 2 rings (SSSR count). The Morgan fingerprint density at radius 1 is 1.05 bits per heavy atom. The molecule has 0 spiro atoms. The lowest BCUT2D eigenvalue weighted by Crippen LogP contribution is -2.04. The first kappa shape index (κ1) is 15.1. The average Bonchev–Trinajstić information content (AvgIpc) is 2.42. The molecule has 2 aromatic carbocycles. The van der Waals surface area contributed by atoms with Gasteiger partial charge in [0.05, 0.1) is 4.47 Å². The van der Waals surface area contributed by atoms with Crippen molar-refractivity contribution in [3.8, 4) is 11.5 Å². The lowest BCUT2D eigenvalue weighted by molar-refractivity contribution is 0.471. The maximum atomic E-state index is 6.12. The minimum Gasteiger partial charge on any atom is -0.456 e. The second-order valence-corrected chi connectivity index (χ2v) is 5.90. The standard InChI is InChI=1S/C17H20BrNO/c1-11-5-6-12(2)17(13(11)3)20-16-8-7-14(10-19-4)9-15(16)18/h5-9,19H,10H2,1-4H3. The van der Waals surface area contributed by atoms with E-state index in [9.17, 15) is 0 Å². The molecule has 0 aliphatic heterocycles. The average molecular weight is 334 g/mol. The number of nitrogens with one attached hydrogen (secondary N) is 1. The minimum absolute atomic E-state index is 0.849. The summed E-state index contributed by atoms with van der Waals surface area (Å²) < 4.78 is 7.09. The van der Waals surface area contributed by atoms with Crippen LogP contribution in [0, 0.1) is 20.8 Å². The molecular formula is C17H20BrNO. The van der Waals surface area contributed by atoms with Crippen LogP contribution in [0.25, 0.3) is 0 Å². The van der Waals surface area contributed by atoms with Crippen LogP contribution in [0.2, 0.25) is 0 Å². The van der Waals surface area contributed by atoms with Crippen molar-refractivity contribution >= 4 is 15.9 Å². The molecule has 0 radical (unpaired) electrons. The van der Waals surface area contributed by atoms with Gasteiger partial charge in [-0.05, 0) is 78.1 Å². The summed E-state index contributed by atoms with van der Waals surface area (Å²) in [7, 11) is 1.94. The van der Waals surface area contributed by atoms with Gasteiger partial charge in [-0.2, -0.15) is 0 Å². The Labute approximate surface area is 129 Å². The van der Waals surface area contributed by atoms with Gasteiger partial charge >= 0.3 is 0 Å². The van der Waals surface area contributed by atoms with Gasteiger partial charge in [-0.1, -0.05) is 18.2 Å². The first-order chi connectivity index (χ1) is 9.52. The van der Waals surface area contributed by atoms with Crippen LogP contribution < -0.4 is 10.1 Å². The van der Waals surface area contributed by atoms with E-state index in [0.29, 0.717) is 0 Å². The summed E-state index contributed by atoms with van der Waals surface area (Å²) in [6.45, 7) is 7.13. The molecule has 2 nitrogen and oxygen atoms in total. The zero-order valence-corrected chi connectivity index (χ0v) is 14.0. The Hall–Kier alpha value is -1.32. The quantitative estimate of drug-likeness (QED) is 0.860. The van der Waals surface area contributed by atoms with Gasteiger partial charge in [0.1, 0.15) is 11.5 Å². The third-order valence-electron chi connectivity index (χ3n) is 3.46. The Bertz CT molecular complexity index is 623. The molecule has 0 heterocycles. The van der Waals surface area contributed by atoms with Gasteiger partial charge in [0.25, 0.3) is 0 Å². The smallest absolute Gasteiger partial charge is 0.141 e. The highest BCUT2D eigenvalue weighted by molar-refractivity contribution is 9.10. The lowest BCUT2D eigenvalue weighted by Gasteiger charge is -2.15. The summed E-state index contributed by atoms with van der Waals surface area (Å²) in [6, 6.07) is 10.4. The normalized spacial score (nSPS) is 10.7. The number of rotatable bonds is 4. The Balaban J connectivity index is 2.33. The summed E-state index contributed by atoms with van der Waals surface area (Å²) in [5.41, 5.74) is 4.81. The molecule has 20 heavy (non-hydrogen) atoms. The minimum atomic E-state index is 0.849. The van der Waals surface area contributed by atoms with Crippen LogP contribution in [-0.2, 0) is 6.54 Å². The molecule has 0 saturated heterocycles. The van der Waals surface area contributed by atoms with Gasteiger partial charge in [0.2, 0.25) is 0 Å². The lowest BCUT2D eigenvalue weighted by atomic mass is 10.1. The van der Waals surface area contributed by atoms with Crippen molar-refractivity contribution in [3.63, 3.8) is 0 Å². The summed E-state index contributed by atoms with van der Waals surface area (Å²) in [6.07, 6.45) is 0. The van der Waals surface area contributed by atoms with Crippen LogP contribution in [0.1, 0.15) is 22.3 Å². The number of hydrogen-bond acceptors (Lipinski definition) is 2. The molecule has 0 amide bonds. The van der Waals surface area contributed by atoms with Crippen molar-refractivity contribution in [2.45, 2.75) is 27.3 Å². The molecule has 3 heteroatoms. The van der Waals surface area contributed by atoms with E-state index in [2.05, 4.69) is 66.3 Å². The highest BCUT2D eigenvalue weighted by atomic mass is 79.9. The summed E-state index contributed by atoms with van der Waals surface area (Å²) in [4.78, 5) is 0. The summed E-state index contributed by atoms with van der Waals surface area (Å²) in [5.74, 6) is 1.80. The number of halogens is 1. The van der Waals surface area contributed by atoms with Gasteiger partial charge in [-0.25, -0.2) is 0 Å². The van der Waals surface area contributed by atoms with E-state index < -0.39 is 0 Å². The van der Waals surface area contributed by atoms with Crippen molar-refractivity contribution in [1.82, 2.24) is 5.32 Å². The van der Waals surface area contributed by atoms with E-state index in [1.54, 1.807) is 0 Å². The highest BCUT2D eigenvalue weighted by Crippen LogP contribution is 2.35. The fourth-order valence-corrected chi connectivity index (χ4v) is 2.64. The fraction of sp³-hybridized carbons (Fsp3) is 0.294. The molecule has 1 N–H and O–H groups in total. The predicted molar refractivity (Wildman–Crippen MR) is 87.6 cm³/mol. The SMILES string of the molecule is CNCc1ccc(Oc2c(C)ccc(C)c2C)c(Br)c1. The van der Waals surface area contributed by atoms with Crippen molar-refractivity contribution in [2.24, 2.45) is 0 Å². The predicted octanol–water partition coefficient (Wildman–Crippen LogP) is 4.89. The molecule has 0 saturated carbocycles. The van der Waals surface area contributed by atoms with Crippen LogP contribution in [0.4, 0.5) is 0 Å². The van der Waals surface area contributed by atoms with E-state index in [1.807, 2.05) is 13.1 Å². The van der Waals surface area contributed by atoms with E-state index in [4.69, 9.17) is 4.74 Å². The van der Waals surface area contributed by atoms with Crippen molar-refractivity contribution < 1.29 is 4.74 Å². The van der Waals surface area contributed by atoms with Crippen molar-refractivity contribution in [3.05, 3.63) is 57.1 Å². The molecular weight excluding hydrogens is 314 g/mol. The van der Waals surface area contributed by atoms with E-state index in [0.717, 1.165) is 28.1 Å². The Morgan fingerprint density at radius 2 is 1.75 bits per heavy atom. The molecule has 0 bridgehead atoms. The van der Waals surface area contributed by atoms with Crippen LogP contribution in [0.3, 0.4) is 0 Å².